The summed E-state index contributed by atoms with van der Waals surface area (Å²) in [7, 11) is 0. The molecule has 2 aliphatic heterocycles. The number of aliphatic hydroxyl groups excluding tert-OH is 1. The first-order valence-corrected chi connectivity index (χ1v) is 8.51. The number of rotatable bonds is 1. The summed E-state index contributed by atoms with van der Waals surface area (Å²) < 4.78 is 16.8. The molecular formula is C17H24O6. The van der Waals surface area contributed by atoms with Gasteiger partial charge in [-0.1, -0.05) is 13.8 Å². The van der Waals surface area contributed by atoms with Crippen molar-refractivity contribution in [2.24, 2.45) is 23.2 Å². The molecule has 6 heteroatoms. The van der Waals surface area contributed by atoms with Crippen LogP contribution in [0.15, 0.2) is 0 Å². The molecule has 128 valence electrons. The highest BCUT2D eigenvalue weighted by atomic mass is 16.7. The van der Waals surface area contributed by atoms with E-state index >= 15 is 0 Å². The van der Waals surface area contributed by atoms with Gasteiger partial charge >= 0.3 is 11.9 Å². The maximum atomic E-state index is 12.3. The second-order valence-electron chi connectivity index (χ2n) is 7.96. The fourth-order valence-corrected chi connectivity index (χ4v) is 5.61. The van der Waals surface area contributed by atoms with Gasteiger partial charge in [0, 0.05) is 30.6 Å². The lowest BCUT2D eigenvalue weighted by Gasteiger charge is -2.41. The quantitative estimate of drug-likeness (QED) is 0.573. The number of esters is 2. The number of carbonyl (C=O) groups is 2. The van der Waals surface area contributed by atoms with E-state index < -0.39 is 17.1 Å². The van der Waals surface area contributed by atoms with Crippen molar-refractivity contribution in [2.75, 3.05) is 6.61 Å². The van der Waals surface area contributed by atoms with Gasteiger partial charge in [0.1, 0.15) is 12.2 Å². The minimum atomic E-state index is -0.776. The Morgan fingerprint density at radius 1 is 1.39 bits per heavy atom. The molecule has 23 heavy (non-hydrogen) atoms. The average Bonchev–Trinajstić information content (AvgIpc) is 3.16. The molecule has 0 aromatic rings. The van der Waals surface area contributed by atoms with Crippen LogP contribution in [-0.4, -0.2) is 47.6 Å². The number of carbonyl (C=O) groups excluding carboxylic acids is 2. The Kier molecular flexibility index (Phi) is 3.14. The number of fused-ring (bicyclic) bond motifs is 4. The number of ether oxygens (including phenoxy) is 3. The SMILES string of the molecule is CC(=O)O[C@@H]1C[C@H](O)[C@]2(C)[C@@H]1[C@@H](C)CC[C@@H]1[C@H]2OC(=O)[C@]12CO2. The van der Waals surface area contributed by atoms with Gasteiger partial charge in [0.25, 0.3) is 0 Å². The summed E-state index contributed by atoms with van der Waals surface area (Å²) in [6, 6.07) is 0. The van der Waals surface area contributed by atoms with E-state index in [4.69, 9.17) is 14.2 Å². The maximum absolute atomic E-state index is 12.3. The van der Waals surface area contributed by atoms with Gasteiger partial charge in [0.2, 0.25) is 0 Å². The van der Waals surface area contributed by atoms with Crippen LogP contribution in [-0.2, 0) is 23.8 Å². The molecule has 0 amide bonds. The van der Waals surface area contributed by atoms with E-state index in [1.54, 1.807) is 0 Å². The number of hydrogen-bond acceptors (Lipinski definition) is 6. The summed E-state index contributed by atoms with van der Waals surface area (Å²) in [5.74, 6) is -0.368. The smallest absolute Gasteiger partial charge is 0.341 e. The highest BCUT2D eigenvalue weighted by molar-refractivity contribution is 5.85. The Hall–Kier alpha value is -1.14. The van der Waals surface area contributed by atoms with Gasteiger partial charge in [-0.15, -0.1) is 0 Å². The van der Waals surface area contributed by atoms with Crippen LogP contribution in [0.25, 0.3) is 0 Å². The van der Waals surface area contributed by atoms with E-state index in [9.17, 15) is 14.7 Å². The first-order valence-electron chi connectivity index (χ1n) is 8.51. The third-order valence-corrected chi connectivity index (χ3v) is 6.77. The first-order chi connectivity index (χ1) is 10.8. The summed E-state index contributed by atoms with van der Waals surface area (Å²) >= 11 is 0. The van der Waals surface area contributed by atoms with Gasteiger partial charge in [-0.3, -0.25) is 4.79 Å². The van der Waals surface area contributed by atoms with Crippen molar-refractivity contribution in [1.29, 1.82) is 0 Å². The Morgan fingerprint density at radius 3 is 2.70 bits per heavy atom. The minimum Gasteiger partial charge on any atom is -0.462 e. The van der Waals surface area contributed by atoms with Crippen LogP contribution in [0.3, 0.4) is 0 Å². The average molecular weight is 324 g/mol. The molecule has 4 aliphatic rings. The van der Waals surface area contributed by atoms with Crippen LogP contribution in [0.1, 0.15) is 40.0 Å². The second-order valence-corrected chi connectivity index (χ2v) is 7.96. The van der Waals surface area contributed by atoms with Crippen LogP contribution < -0.4 is 0 Å². The Morgan fingerprint density at radius 2 is 2.09 bits per heavy atom. The van der Waals surface area contributed by atoms with E-state index in [1.165, 1.54) is 6.92 Å². The lowest BCUT2D eigenvalue weighted by atomic mass is 9.67. The predicted molar refractivity (Wildman–Crippen MR) is 78.2 cm³/mol. The maximum Gasteiger partial charge on any atom is 0.341 e. The molecule has 1 spiro atoms. The lowest BCUT2D eigenvalue weighted by molar-refractivity contribution is -0.160. The molecule has 2 aliphatic carbocycles. The molecule has 2 saturated carbocycles. The zero-order valence-electron chi connectivity index (χ0n) is 13.8. The number of aliphatic hydroxyl groups is 1. The van der Waals surface area contributed by atoms with Crippen molar-refractivity contribution in [3.05, 3.63) is 0 Å². The zero-order chi connectivity index (χ0) is 16.6. The molecule has 0 radical (unpaired) electrons. The summed E-state index contributed by atoms with van der Waals surface area (Å²) in [5, 5.41) is 10.8. The normalized spacial score (nSPS) is 54.2. The van der Waals surface area contributed by atoms with Gasteiger partial charge in [0.15, 0.2) is 5.60 Å². The van der Waals surface area contributed by atoms with Gasteiger partial charge in [-0.05, 0) is 18.8 Å². The first kappa shape index (κ1) is 15.4. The summed E-state index contributed by atoms with van der Waals surface area (Å²) in [5.41, 5.74) is -1.38. The van der Waals surface area contributed by atoms with Crippen LogP contribution in [0.5, 0.6) is 0 Å². The Labute approximate surface area is 135 Å². The van der Waals surface area contributed by atoms with Gasteiger partial charge in [0.05, 0.1) is 12.7 Å². The summed E-state index contributed by atoms with van der Waals surface area (Å²) in [6.45, 7) is 5.95. The fraction of sp³-hybridized carbons (Fsp3) is 0.882. The van der Waals surface area contributed by atoms with Crippen LogP contribution >= 0.6 is 0 Å². The molecule has 0 bridgehead atoms. The predicted octanol–water partition coefficient (Wildman–Crippen LogP) is 1.05. The van der Waals surface area contributed by atoms with E-state index in [1.807, 2.05) is 6.92 Å². The third-order valence-electron chi connectivity index (χ3n) is 6.77. The molecule has 8 atom stereocenters. The molecule has 2 heterocycles. The molecule has 0 aromatic carbocycles. The monoisotopic (exact) mass is 324 g/mol. The highest BCUT2D eigenvalue weighted by Gasteiger charge is 2.74. The van der Waals surface area contributed by atoms with Crippen molar-refractivity contribution >= 4 is 11.9 Å². The molecule has 0 aromatic heterocycles. The Balaban J connectivity index is 1.74. The molecular weight excluding hydrogens is 300 g/mol. The van der Waals surface area contributed by atoms with Crippen LogP contribution in [0, 0.1) is 23.2 Å². The molecule has 2 saturated heterocycles. The van der Waals surface area contributed by atoms with Crippen molar-refractivity contribution in [3.8, 4) is 0 Å². The van der Waals surface area contributed by atoms with E-state index in [2.05, 4.69) is 6.92 Å². The Bertz CT molecular complexity index is 555. The summed E-state index contributed by atoms with van der Waals surface area (Å²) in [4.78, 5) is 23.8. The molecule has 4 rings (SSSR count). The highest BCUT2D eigenvalue weighted by Crippen LogP contribution is 2.62. The second kappa shape index (κ2) is 4.70. The lowest BCUT2D eigenvalue weighted by Crippen LogP contribution is -2.48. The topological polar surface area (TPSA) is 85.4 Å². The van der Waals surface area contributed by atoms with Crippen LogP contribution in [0.2, 0.25) is 0 Å². The standard InChI is InChI=1S/C17H24O6/c1-8-4-5-10-14(23-15(20)17(10)7-21-17)16(3)12(19)6-11(13(8)16)22-9(2)18/h8,10-14,19H,4-7H2,1-3H3/t8-,10+,11+,12-,13+,14+,16+,17-/m0/s1. The van der Waals surface area contributed by atoms with Crippen molar-refractivity contribution < 1.29 is 28.9 Å². The number of hydrogen-bond donors (Lipinski definition) is 1. The minimum absolute atomic E-state index is 0.0156. The fourth-order valence-electron chi connectivity index (χ4n) is 5.61. The van der Waals surface area contributed by atoms with Crippen LogP contribution in [0.4, 0.5) is 0 Å². The van der Waals surface area contributed by atoms with E-state index in [0.29, 0.717) is 13.0 Å². The molecule has 1 N–H and O–H groups in total. The summed E-state index contributed by atoms with van der Waals surface area (Å²) in [6.07, 6.45) is 0.794. The van der Waals surface area contributed by atoms with Gasteiger partial charge in [-0.2, -0.15) is 0 Å². The largest absolute Gasteiger partial charge is 0.462 e. The van der Waals surface area contributed by atoms with Crippen molar-refractivity contribution in [1.82, 2.24) is 0 Å². The molecule has 0 unspecified atom stereocenters. The van der Waals surface area contributed by atoms with Crippen molar-refractivity contribution in [2.45, 2.75) is 63.9 Å². The third kappa shape index (κ3) is 1.88. The van der Waals surface area contributed by atoms with E-state index in [-0.39, 0.29) is 41.9 Å². The van der Waals surface area contributed by atoms with Gasteiger partial charge < -0.3 is 19.3 Å². The van der Waals surface area contributed by atoms with Gasteiger partial charge in [-0.25, -0.2) is 4.79 Å². The van der Waals surface area contributed by atoms with E-state index in [0.717, 1.165) is 12.8 Å². The van der Waals surface area contributed by atoms with Crippen molar-refractivity contribution in [3.63, 3.8) is 0 Å². The number of epoxide rings is 1. The molecule has 6 nitrogen and oxygen atoms in total. The zero-order valence-corrected chi connectivity index (χ0v) is 13.8. The molecule has 4 fully saturated rings.